The Kier molecular flexibility index (Phi) is 5.31. The van der Waals surface area contributed by atoms with Crippen molar-refractivity contribution in [2.45, 2.75) is 4.90 Å². The number of benzene rings is 2. The molecule has 0 saturated carbocycles. The Balaban J connectivity index is 1.87. The molecule has 142 valence electrons. The van der Waals surface area contributed by atoms with Crippen molar-refractivity contribution >= 4 is 35.1 Å². The molecule has 0 spiro atoms. The van der Waals surface area contributed by atoms with E-state index in [-0.39, 0.29) is 17.5 Å². The van der Waals surface area contributed by atoms with Crippen molar-refractivity contribution < 1.29 is 19.1 Å². The predicted molar refractivity (Wildman–Crippen MR) is 99.2 cm³/mol. The van der Waals surface area contributed by atoms with Crippen LogP contribution >= 0.6 is 11.8 Å². The van der Waals surface area contributed by atoms with Gasteiger partial charge in [-0.3, -0.25) is 30.3 Å². The van der Waals surface area contributed by atoms with Crippen molar-refractivity contribution in [3.8, 4) is 11.5 Å². The van der Waals surface area contributed by atoms with Crippen molar-refractivity contribution in [3.05, 3.63) is 68.3 Å². The number of carbonyl (C=O) groups excluding carboxylic acids is 1. The molecule has 28 heavy (non-hydrogen) atoms. The minimum absolute atomic E-state index is 0.172. The van der Waals surface area contributed by atoms with Gasteiger partial charge in [0.1, 0.15) is 0 Å². The van der Waals surface area contributed by atoms with Crippen LogP contribution in [0.5, 0.6) is 0 Å². The maximum absolute atomic E-state index is 12.3. The maximum atomic E-state index is 12.3. The third-order valence-corrected chi connectivity index (χ3v) is 4.37. The van der Waals surface area contributed by atoms with E-state index < -0.39 is 27.1 Å². The number of hydrogen-bond donors (Lipinski definition) is 1. The van der Waals surface area contributed by atoms with E-state index in [1.54, 1.807) is 12.1 Å². The number of nitrogens with one attached hydrogen (secondary N) is 1. The summed E-state index contributed by atoms with van der Waals surface area (Å²) < 4.78 is 5.42. The van der Waals surface area contributed by atoms with E-state index >= 15 is 0 Å². The first kappa shape index (κ1) is 19.0. The standard InChI is InChI=1S/C16H11N5O6S/c1-28-13-5-3-2-4-12(13)15-18-19-16(27-15)17-14(22)9-6-10(20(23)24)8-11(7-9)21(25)26/h2-8H,1H3,(H,17,19,22). The zero-order chi connectivity index (χ0) is 20.3. The van der Waals surface area contributed by atoms with Crippen molar-refractivity contribution in [1.82, 2.24) is 10.2 Å². The fourth-order valence-corrected chi connectivity index (χ4v) is 2.90. The number of nitro benzene ring substituents is 2. The van der Waals surface area contributed by atoms with Crippen LogP contribution in [0.4, 0.5) is 17.4 Å². The lowest BCUT2D eigenvalue weighted by Crippen LogP contribution is -2.13. The molecule has 0 saturated heterocycles. The van der Waals surface area contributed by atoms with Gasteiger partial charge in [0.15, 0.2) is 0 Å². The van der Waals surface area contributed by atoms with Gasteiger partial charge in [-0.15, -0.1) is 16.9 Å². The topological polar surface area (TPSA) is 154 Å². The molecule has 3 aromatic rings. The second-order valence-electron chi connectivity index (χ2n) is 5.32. The summed E-state index contributed by atoms with van der Waals surface area (Å²) in [5.41, 5.74) is -0.780. The number of hydrogen-bond acceptors (Lipinski definition) is 9. The van der Waals surface area contributed by atoms with Gasteiger partial charge >= 0.3 is 6.01 Å². The molecule has 11 nitrogen and oxygen atoms in total. The van der Waals surface area contributed by atoms with E-state index in [0.717, 1.165) is 23.1 Å². The second-order valence-corrected chi connectivity index (χ2v) is 6.17. The molecule has 1 N–H and O–H groups in total. The van der Waals surface area contributed by atoms with E-state index in [1.165, 1.54) is 11.8 Å². The Morgan fingerprint density at radius 3 is 2.32 bits per heavy atom. The quantitative estimate of drug-likeness (QED) is 0.371. The SMILES string of the molecule is CSc1ccccc1-c1nnc(NC(=O)c2cc([N+](=O)[O-])cc([N+](=O)[O-])c2)o1. The van der Waals surface area contributed by atoms with Crippen molar-refractivity contribution in [1.29, 1.82) is 0 Å². The number of non-ortho nitro benzene ring substituents is 2. The minimum Gasteiger partial charge on any atom is -0.403 e. The summed E-state index contributed by atoms with van der Waals surface area (Å²) in [5.74, 6) is -0.689. The first-order valence-corrected chi connectivity index (χ1v) is 8.83. The summed E-state index contributed by atoms with van der Waals surface area (Å²) in [4.78, 5) is 33.5. The first-order chi connectivity index (χ1) is 13.4. The van der Waals surface area contributed by atoms with Crippen LogP contribution in [0.15, 0.2) is 51.8 Å². The van der Waals surface area contributed by atoms with E-state index in [1.807, 2.05) is 18.4 Å². The molecular formula is C16H11N5O6S. The van der Waals surface area contributed by atoms with Crippen LogP contribution < -0.4 is 5.32 Å². The fraction of sp³-hybridized carbons (Fsp3) is 0.0625. The van der Waals surface area contributed by atoms with E-state index in [9.17, 15) is 25.0 Å². The normalized spacial score (nSPS) is 10.5. The summed E-state index contributed by atoms with van der Waals surface area (Å²) in [7, 11) is 0. The lowest BCUT2D eigenvalue weighted by atomic mass is 10.1. The largest absolute Gasteiger partial charge is 0.403 e. The van der Waals surface area contributed by atoms with Crippen LogP contribution in [0.2, 0.25) is 0 Å². The molecule has 0 aliphatic heterocycles. The van der Waals surface area contributed by atoms with Gasteiger partial charge in [-0.25, -0.2) is 0 Å². The molecular weight excluding hydrogens is 390 g/mol. The summed E-state index contributed by atoms with van der Waals surface area (Å²) in [5, 5.41) is 31.8. The van der Waals surface area contributed by atoms with Crippen LogP contribution in [-0.2, 0) is 0 Å². The van der Waals surface area contributed by atoms with Gasteiger partial charge in [0.05, 0.1) is 27.0 Å². The number of rotatable bonds is 6. The van der Waals surface area contributed by atoms with Crippen molar-refractivity contribution in [2.75, 3.05) is 11.6 Å². The Bertz CT molecular complexity index is 1050. The van der Waals surface area contributed by atoms with Crippen LogP contribution in [0.3, 0.4) is 0 Å². The molecule has 1 aromatic heterocycles. The average molecular weight is 401 g/mol. The molecule has 1 heterocycles. The van der Waals surface area contributed by atoms with Crippen molar-refractivity contribution in [3.63, 3.8) is 0 Å². The third kappa shape index (κ3) is 3.96. The molecule has 0 aliphatic rings. The Morgan fingerprint density at radius 1 is 1.07 bits per heavy atom. The zero-order valence-electron chi connectivity index (χ0n) is 14.2. The molecule has 0 radical (unpaired) electrons. The highest BCUT2D eigenvalue weighted by Gasteiger charge is 2.21. The van der Waals surface area contributed by atoms with E-state index in [2.05, 4.69) is 15.5 Å². The third-order valence-electron chi connectivity index (χ3n) is 3.57. The Hall–Kier alpha value is -3.80. The van der Waals surface area contributed by atoms with Crippen LogP contribution in [-0.4, -0.2) is 32.2 Å². The number of amides is 1. The van der Waals surface area contributed by atoms with Crippen LogP contribution in [0.1, 0.15) is 10.4 Å². The van der Waals surface area contributed by atoms with Gasteiger partial charge < -0.3 is 4.42 Å². The number of nitrogens with zero attached hydrogens (tertiary/aromatic N) is 4. The smallest absolute Gasteiger partial charge is 0.322 e. The molecule has 12 heteroatoms. The average Bonchev–Trinajstić information content (AvgIpc) is 3.15. The van der Waals surface area contributed by atoms with E-state index in [0.29, 0.717) is 5.56 Å². The number of carbonyl (C=O) groups is 1. The Morgan fingerprint density at radius 2 is 1.71 bits per heavy atom. The van der Waals surface area contributed by atoms with Gasteiger partial charge in [0, 0.05) is 17.0 Å². The summed E-state index contributed by atoms with van der Waals surface area (Å²) in [6.45, 7) is 0. The van der Waals surface area contributed by atoms with Crippen molar-refractivity contribution in [2.24, 2.45) is 0 Å². The molecule has 2 aromatic carbocycles. The molecule has 0 unspecified atom stereocenters. The molecule has 3 rings (SSSR count). The summed E-state index contributed by atoms with van der Waals surface area (Å²) in [6, 6.07) is 9.64. The first-order valence-electron chi connectivity index (χ1n) is 7.61. The second kappa shape index (κ2) is 7.84. The van der Waals surface area contributed by atoms with Gasteiger partial charge in [0.2, 0.25) is 0 Å². The van der Waals surface area contributed by atoms with Gasteiger partial charge in [0.25, 0.3) is 23.2 Å². The molecule has 0 atom stereocenters. The molecule has 0 fully saturated rings. The van der Waals surface area contributed by atoms with Crippen LogP contribution in [0.25, 0.3) is 11.5 Å². The highest BCUT2D eigenvalue weighted by Crippen LogP contribution is 2.30. The Labute approximate surface area is 161 Å². The highest BCUT2D eigenvalue weighted by molar-refractivity contribution is 7.98. The van der Waals surface area contributed by atoms with Crippen LogP contribution in [0, 0.1) is 20.2 Å². The van der Waals surface area contributed by atoms with Gasteiger partial charge in [-0.1, -0.05) is 17.2 Å². The lowest BCUT2D eigenvalue weighted by molar-refractivity contribution is -0.394. The summed E-state index contributed by atoms with van der Waals surface area (Å²) in [6.07, 6.45) is 1.88. The maximum Gasteiger partial charge on any atom is 0.322 e. The molecule has 0 aliphatic carbocycles. The summed E-state index contributed by atoms with van der Waals surface area (Å²) >= 11 is 1.48. The highest BCUT2D eigenvalue weighted by atomic mass is 32.2. The van der Waals surface area contributed by atoms with E-state index in [4.69, 9.17) is 4.42 Å². The lowest BCUT2D eigenvalue weighted by Gasteiger charge is -2.02. The molecule has 0 bridgehead atoms. The van der Waals surface area contributed by atoms with Gasteiger partial charge in [-0.2, -0.15) is 0 Å². The fourth-order valence-electron chi connectivity index (χ4n) is 2.31. The monoisotopic (exact) mass is 401 g/mol. The zero-order valence-corrected chi connectivity index (χ0v) is 15.0. The number of aromatic nitrogens is 2. The number of anilines is 1. The minimum atomic E-state index is -0.861. The molecule has 1 amide bonds. The predicted octanol–water partition coefficient (Wildman–Crippen LogP) is 3.53. The number of nitro groups is 2. The number of thioether (sulfide) groups is 1. The van der Waals surface area contributed by atoms with Gasteiger partial charge in [-0.05, 0) is 18.4 Å².